The summed E-state index contributed by atoms with van der Waals surface area (Å²) in [4.78, 5) is 4.17. The lowest BCUT2D eigenvalue weighted by Gasteiger charge is -2.15. The largest absolute Gasteiger partial charge is 0.497 e. The predicted octanol–water partition coefficient (Wildman–Crippen LogP) is 2.82. The van der Waals surface area contributed by atoms with Crippen LogP contribution in [0.1, 0.15) is 24.1 Å². The molecule has 8 nitrogen and oxygen atoms in total. The van der Waals surface area contributed by atoms with Crippen LogP contribution in [0.3, 0.4) is 0 Å². The summed E-state index contributed by atoms with van der Waals surface area (Å²) in [6.45, 7) is 0.673. The van der Waals surface area contributed by atoms with Crippen LogP contribution in [0.25, 0.3) is 11.3 Å². The Kier molecular flexibility index (Phi) is 6.24. The number of benzene rings is 1. The number of aromatic nitrogens is 3. The highest BCUT2D eigenvalue weighted by atomic mass is 32.2. The van der Waals surface area contributed by atoms with E-state index in [1.807, 2.05) is 16.8 Å². The number of hydrogen-bond acceptors (Lipinski definition) is 6. The first kappa shape index (κ1) is 21.3. The van der Waals surface area contributed by atoms with E-state index >= 15 is 0 Å². The van der Waals surface area contributed by atoms with Crippen molar-refractivity contribution in [2.45, 2.75) is 37.1 Å². The minimum Gasteiger partial charge on any atom is -0.497 e. The van der Waals surface area contributed by atoms with E-state index in [4.69, 9.17) is 14.6 Å². The van der Waals surface area contributed by atoms with Gasteiger partial charge in [-0.2, -0.15) is 5.10 Å². The summed E-state index contributed by atoms with van der Waals surface area (Å²) in [6, 6.07) is 8.55. The quantitative estimate of drug-likeness (QED) is 0.576. The first-order valence-electron chi connectivity index (χ1n) is 10.2. The van der Waals surface area contributed by atoms with Crippen LogP contribution in [0.5, 0.6) is 11.5 Å². The molecule has 0 amide bonds. The summed E-state index contributed by atoms with van der Waals surface area (Å²) in [5, 5.41) is 4.82. The molecule has 0 atom stereocenters. The first-order valence-corrected chi connectivity index (χ1v) is 11.7. The molecule has 0 aliphatic heterocycles. The number of nitrogens with zero attached hydrogens (tertiary/aromatic N) is 3. The van der Waals surface area contributed by atoms with Crippen molar-refractivity contribution in [3.63, 3.8) is 0 Å². The van der Waals surface area contributed by atoms with Crippen molar-refractivity contribution in [2.75, 3.05) is 20.8 Å². The van der Waals surface area contributed by atoms with Crippen molar-refractivity contribution < 1.29 is 17.9 Å². The monoisotopic (exact) mass is 442 g/mol. The number of fused-ring (bicyclic) bond motifs is 1. The number of ether oxygens (including phenoxy) is 2. The molecule has 0 spiro atoms. The van der Waals surface area contributed by atoms with Crippen LogP contribution in [0, 0.1) is 0 Å². The van der Waals surface area contributed by atoms with Crippen LogP contribution in [-0.4, -0.2) is 43.9 Å². The lowest BCUT2D eigenvalue weighted by atomic mass is 9.94. The minimum absolute atomic E-state index is 0.0794. The third-order valence-corrected chi connectivity index (χ3v) is 6.99. The molecule has 0 radical (unpaired) electrons. The van der Waals surface area contributed by atoms with Gasteiger partial charge in [-0.1, -0.05) is 0 Å². The van der Waals surface area contributed by atoms with Gasteiger partial charge in [0.15, 0.2) is 0 Å². The molecule has 0 saturated heterocycles. The van der Waals surface area contributed by atoms with E-state index in [-0.39, 0.29) is 17.2 Å². The fourth-order valence-corrected chi connectivity index (χ4v) is 5.13. The van der Waals surface area contributed by atoms with E-state index in [2.05, 4.69) is 9.71 Å². The maximum Gasteiger partial charge on any atom is 0.244 e. The molecule has 1 N–H and O–H groups in total. The van der Waals surface area contributed by atoms with Crippen LogP contribution < -0.4 is 14.2 Å². The molecule has 0 fully saturated rings. The van der Waals surface area contributed by atoms with Crippen molar-refractivity contribution >= 4 is 10.0 Å². The molecular formula is C22H26N4O4S. The van der Waals surface area contributed by atoms with Crippen LogP contribution in [0.2, 0.25) is 0 Å². The highest BCUT2D eigenvalue weighted by Crippen LogP contribution is 2.31. The summed E-state index contributed by atoms with van der Waals surface area (Å²) in [7, 11) is -0.790. The molecule has 2 heterocycles. The van der Waals surface area contributed by atoms with E-state index in [0.29, 0.717) is 12.3 Å². The third kappa shape index (κ3) is 4.42. The second-order valence-corrected chi connectivity index (χ2v) is 9.09. The van der Waals surface area contributed by atoms with Gasteiger partial charge in [-0.05, 0) is 49.9 Å². The first-order chi connectivity index (χ1) is 15.0. The summed E-state index contributed by atoms with van der Waals surface area (Å²) >= 11 is 0. The standard InChI is InChI=1S/C22H26N4O4S/c1-29-17-7-8-21(20(15-17)30-2)31(27,28)24-13-14-26-19-6-4-3-5-18(19)22(25-26)16-9-11-23-12-10-16/h7-12,15,24H,3-6,13-14H2,1-2H3. The fraction of sp³-hybridized carbons (Fsp3) is 0.364. The molecule has 9 heteroatoms. The summed E-state index contributed by atoms with van der Waals surface area (Å²) in [5.41, 5.74) is 4.46. The van der Waals surface area contributed by atoms with E-state index in [9.17, 15) is 8.42 Å². The SMILES string of the molecule is COc1ccc(S(=O)(=O)NCCn2nc(-c3ccncc3)c3c2CCCC3)c(OC)c1. The van der Waals surface area contributed by atoms with E-state index < -0.39 is 10.0 Å². The predicted molar refractivity (Wildman–Crippen MR) is 117 cm³/mol. The molecule has 1 aliphatic carbocycles. The molecule has 4 rings (SSSR count). The van der Waals surface area contributed by atoms with Crippen LogP contribution in [0.4, 0.5) is 0 Å². The van der Waals surface area contributed by atoms with Gasteiger partial charge in [0.2, 0.25) is 10.0 Å². The van der Waals surface area contributed by atoms with Gasteiger partial charge in [-0.25, -0.2) is 13.1 Å². The van der Waals surface area contributed by atoms with Crippen molar-refractivity contribution in [1.82, 2.24) is 19.5 Å². The Bertz CT molecular complexity index is 1160. The van der Waals surface area contributed by atoms with Crippen molar-refractivity contribution in [2.24, 2.45) is 0 Å². The summed E-state index contributed by atoms with van der Waals surface area (Å²) in [6.07, 6.45) is 7.72. The highest BCUT2D eigenvalue weighted by molar-refractivity contribution is 7.89. The van der Waals surface area contributed by atoms with Crippen molar-refractivity contribution in [3.8, 4) is 22.8 Å². The van der Waals surface area contributed by atoms with E-state index in [0.717, 1.165) is 36.9 Å². The Hall–Kier alpha value is -2.91. The average Bonchev–Trinajstić information content (AvgIpc) is 3.18. The zero-order valence-electron chi connectivity index (χ0n) is 17.7. The number of methoxy groups -OCH3 is 2. The average molecular weight is 443 g/mol. The Morgan fingerprint density at radius 1 is 1.06 bits per heavy atom. The van der Waals surface area contributed by atoms with Gasteiger partial charge in [0.25, 0.3) is 0 Å². The normalized spacial score (nSPS) is 13.6. The van der Waals surface area contributed by atoms with Crippen LogP contribution in [-0.2, 0) is 29.4 Å². The summed E-state index contributed by atoms with van der Waals surface area (Å²) in [5.74, 6) is 0.769. The minimum atomic E-state index is -3.74. The Morgan fingerprint density at radius 2 is 1.84 bits per heavy atom. The molecule has 2 aromatic heterocycles. The fourth-order valence-electron chi connectivity index (χ4n) is 3.96. The third-order valence-electron chi connectivity index (χ3n) is 5.49. The molecule has 0 unspecified atom stereocenters. The maximum atomic E-state index is 12.8. The van der Waals surface area contributed by atoms with Gasteiger partial charge < -0.3 is 9.47 Å². The number of hydrogen-bond donors (Lipinski definition) is 1. The van der Waals surface area contributed by atoms with Gasteiger partial charge in [-0.15, -0.1) is 0 Å². The van der Waals surface area contributed by atoms with Crippen LogP contribution in [0.15, 0.2) is 47.6 Å². The van der Waals surface area contributed by atoms with E-state index in [1.165, 1.54) is 31.5 Å². The van der Waals surface area contributed by atoms with Crippen molar-refractivity contribution in [1.29, 1.82) is 0 Å². The molecular weight excluding hydrogens is 416 g/mol. The lowest BCUT2D eigenvalue weighted by molar-refractivity contribution is 0.386. The Labute approximate surface area is 182 Å². The highest BCUT2D eigenvalue weighted by Gasteiger charge is 2.23. The zero-order valence-corrected chi connectivity index (χ0v) is 18.5. The molecule has 1 aliphatic rings. The molecule has 3 aromatic rings. The molecule has 0 saturated carbocycles. The maximum absolute atomic E-state index is 12.8. The number of sulfonamides is 1. The molecule has 0 bridgehead atoms. The van der Waals surface area contributed by atoms with Crippen LogP contribution >= 0.6 is 0 Å². The second-order valence-electron chi connectivity index (χ2n) is 7.35. The Morgan fingerprint density at radius 3 is 2.58 bits per heavy atom. The number of nitrogens with one attached hydrogen (secondary N) is 1. The second kappa shape index (κ2) is 9.07. The van der Waals surface area contributed by atoms with Gasteiger partial charge in [0.05, 0.1) is 26.5 Å². The number of pyridine rings is 1. The lowest BCUT2D eigenvalue weighted by Crippen LogP contribution is -2.28. The van der Waals surface area contributed by atoms with Gasteiger partial charge >= 0.3 is 0 Å². The zero-order chi connectivity index (χ0) is 21.8. The van der Waals surface area contributed by atoms with Crippen molar-refractivity contribution in [3.05, 3.63) is 54.0 Å². The smallest absolute Gasteiger partial charge is 0.244 e. The number of rotatable bonds is 8. The topological polar surface area (TPSA) is 95.3 Å². The molecule has 164 valence electrons. The Balaban J connectivity index is 1.53. The summed E-state index contributed by atoms with van der Waals surface area (Å²) < 4.78 is 40.7. The van der Waals surface area contributed by atoms with E-state index in [1.54, 1.807) is 24.5 Å². The van der Waals surface area contributed by atoms with Gasteiger partial charge in [0.1, 0.15) is 16.4 Å². The van der Waals surface area contributed by atoms with Gasteiger partial charge in [-0.3, -0.25) is 9.67 Å². The van der Waals surface area contributed by atoms with Gasteiger partial charge in [0, 0.05) is 41.8 Å². The molecule has 31 heavy (non-hydrogen) atoms. The molecule has 1 aromatic carbocycles.